The Balaban J connectivity index is 2.07. The molecular formula is C12H18N2O2. The molecule has 1 aliphatic rings. The predicted molar refractivity (Wildman–Crippen MR) is 61.3 cm³/mol. The van der Waals surface area contributed by atoms with Gasteiger partial charge in [-0.15, -0.1) is 0 Å². The number of hydrogen-bond acceptors (Lipinski definition) is 4. The summed E-state index contributed by atoms with van der Waals surface area (Å²) in [5.74, 6) is 0.795. The second-order valence-electron chi connectivity index (χ2n) is 4.06. The van der Waals surface area contributed by atoms with Crippen LogP contribution in [0.25, 0.3) is 0 Å². The molecule has 1 aromatic heterocycles. The molecule has 1 aliphatic heterocycles. The highest BCUT2D eigenvalue weighted by Gasteiger charge is 2.17. The van der Waals surface area contributed by atoms with Crippen molar-refractivity contribution in [1.82, 2.24) is 4.98 Å². The smallest absolute Gasteiger partial charge is 0.142 e. The van der Waals surface area contributed by atoms with Crippen molar-refractivity contribution in [3.63, 3.8) is 0 Å². The van der Waals surface area contributed by atoms with E-state index < -0.39 is 0 Å². The van der Waals surface area contributed by atoms with Crippen LogP contribution in [0.2, 0.25) is 0 Å². The summed E-state index contributed by atoms with van der Waals surface area (Å²) in [7, 11) is 0. The summed E-state index contributed by atoms with van der Waals surface area (Å²) in [6.45, 7) is 3.87. The summed E-state index contributed by atoms with van der Waals surface area (Å²) in [6.07, 6.45) is 2.24. The average molecular weight is 222 g/mol. The molecule has 0 spiro atoms. The molecule has 1 unspecified atom stereocenters. The van der Waals surface area contributed by atoms with E-state index in [2.05, 4.69) is 4.98 Å². The van der Waals surface area contributed by atoms with E-state index in [9.17, 15) is 0 Å². The van der Waals surface area contributed by atoms with Gasteiger partial charge in [0.2, 0.25) is 0 Å². The maximum absolute atomic E-state index is 5.86. The van der Waals surface area contributed by atoms with Gasteiger partial charge in [0.05, 0.1) is 12.3 Å². The highest BCUT2D eigenvalue weighted by molar-refractivity contribution is 5.29. The summed E-state index contributed by atoms with van der Waals surface area (Å²) < 4.78 is 11.2. The molecule has 0 aromatic carbocycles. The molecule has 1 aromatic rings. The van der Waals surface area contributed by atoms with Crippen LogP contribution in [0, 0.1) is 6.92 Å². The second kappa shape index (κ2) is 5.27. The van der Waals surface area contributed by atoms with Crippen molar-refractivity contribution in [3.8, 4) is 5.75 Å². The van der Waals surface area contributed by atoms with E-state index in [1.54, 1.807) is 0 Å². The summed E-state index contributed by atoms with van der Waals surface area (Å²) in [5, 5.41) is 0. The second-order valence-corrected chi connectivity index (χ2v) is 4.06. The number of hydrogen-bond donors (Lipinski definition) is 1. The first-order chi connectivity index (χ1) is 7.79. The van der Waals surface area contributed by atoms with Crippen LogP contribution >= 0.6 is 0 Å². The van der Waals surface area contributed by atoms with Gasteiger partial charge in [-0.3, -0.25) is 4.98 Å². The van der Waals surface area contributed by atoms with Crippen molar-refractivity contribution in [2.45, 2.75) is 32.4 Å². The summed E-state index contributed by atoms with van der Waals surface area (Å²) in [6, 6.07) is 3.89. The Morgan fingerprint density at radius 2 is 2.44 bits per heavy atom. The highest BCUT2D eigenvalue weighted by Crippen LogP contribution is 2.20. The fraction of sp³-hybridized carbons (Fsp3) is 0.583. The van der Waals surface area contributed by atoms with Gasteiger partial charge in [-0.1, -0.05) is 0 Å². The molecule has 2 heterocycles. The SMILES string of the molecule is Cc1ccc(OC2CCCOC2)c(CN)n1. The van der Waals surface area contributed by atoms with Gasteiger partial charge in [0.25, 0.3) is 0 Å². The van der Waals surface area contributed by atoms with Crippen molar-refractivity contribution in [2.75, 3.05) is 13.2 Å². The van der Waals surface area contributed by atoms with Crippen LogP contribution in [0.3, 0.4) is 0 Å². The number of rotatable bonds is 3. The van der Waals surface area contributed by atoms with Crippen LogP contribution in [0.4, 0.5) is 0 Å². The number of aryl methyl sites for hydroxylation is 1. The zero-order valence-corrected chi connectivity index (χ0v) is 9.61. The minimum absolute atomic E-state index is 0.142. The molecular weight excluding hydrogens is 204 g/mol. The molecule has 0 radical (unpaired) electrons. The molecule has 1 saturated heterocycles. The third-order valence-electron chi connectivity index (χ3n) is 2.68. The number of pyridine rings is 1. The fourth-order valence-corrected chi connectivity index (χ4v) is 1.83. The molecule has 2 N–H and O–H groups in total. The monoisotopic (exact) mass is 222 g/mol. The third-order valence-corrected chi connectivity index (χ3v) is 2.68. The van der Waals surface area contributed by atoms with Crippen LogP contribution in [0.15, 0.2) is 12.1 Å². The van der Waals surface area contributed by atoms with E-state index in [0.717, 1.165) is 36.6 Å². The van der Waals surface area contributed by atoms with E-state index in [-0.39, 0.29) is 6.10 Å². The molecule has 1 atom stereocenters. The molecule has 0 saturated carbocycles. The van der Waals surface area contributed by atoms with Crippen LogP contribution in [0.1, 0.15) is 24.2 Å². The van der Waals surface area contributed by atoms with Gasteiger partial charge in [-0.05, 0) is 31.9 Å². The zero-order valence-electron chi connectivity index (χ0n) is 9.61. The molecule has 4 nitrogen and oxygen atoms in total. The van der Waals surface area contributed by atoms with Gasteiger partial charge in [0.15, 0.2) is 0 Å². The Morgan fingerprint density at radius 3 is 3.12 bits per heavy atom. The molecule has 4 heteroatoms. The Morgan fingerprint density at radius 1 is 1.56 bits per heavy atom. The van der Waals surface area contributed by atoms with Gasteiger partial charge >= 0.3 is 0 Å². The van der Waals surface area contributed by atoms with Gasteiger partial charge in [0.1, 0.15) is 11.9 Å². The van der Waals surface area contributed by atoms with Gasteiger partial charge in [-0.25, -0.2) is 0 Å². The first kappa shape index (κ1) is 11.4. The maximum Gasteiger partial charge on any atom is 0.142 e. The number of aromatic nitrogens is 1. The Kier molecular flexibility index (Phi) is 3.74. The Bertz CT molecular complexity index is 349. The third kappa shape index (κ3) is 2.71. The molecule has 1 fully saturated rings. The predicted octanol–water partition coefficient (Wildman–Crippen LogP) is 1.41. The lowest BCUT2D eigenvalue weighted by atomic mass is 10.2. The Hall–Kier alpha value is -1.13. The minimum atomic E-state index is 0.142. The largest absolute Gasteiger partial charge is 0.486 e. The maximum atomic E-state index is 5.86. The van der Waals surface area contributed by atoms with Crippen molar-refractivity contribution in [1.29, 1.82) is 0 Å². The summed E-state index contributed by atoms with van der Waals surface area (Å²) in [4.78, 5) is 4.37. The molecule has 0 bridgehead atoms. The molecule has 0 amide bonds. The lowest BCUT2D eigenvalue weighted by Crippen LogP contribution is -2.28. The fourth-order valence-electron chi connectivity index (χ4n) is 1.83. The van der Waals surface area contributed by atoms with E-state index in [4.69, 9.17) is 15.2 Å². The number of nitrogens with zero attached hydrogens (tertiary/aromatic N) is 1. The highest BCUT2D eigenvalue weighted by atomic mass is 16.5. The van der Waals surface area contributed by atoms with Crippen LogP contribution in [-0.4, -0.2) is 24.3 Å². The van der Waals surface area contributed by atoms with Crippen LogP contribution < -0.4 is 10.5 Å². The summed E-state index contributed by atoms with van der Waals surface area (Å²) in [5.41, 5.74) is 7.44. The average Bonchev–Trinajstić information content (AvgIpc) is 2.33. The minimum Gasteiger partial charge on any atom is -0.486 e. The first-order valence-corrected chi connectivity index (χ1v) is 5.70. The molecule has 16 heavy (non-hydrogen) atoms. The van der Waals surface area contributed by atoms with Crippen molar-refractivity contribution >= 4 is 0 Å². The zero-order chi connectivity index (χ0) is 11.4. The van der Waals surface area contributed by atoms with E-state index in [1.165, 1.54) is 0 Å². The lowest BCUT2D eigenvalue weighted by Gasteiger charge is -2.24. The lowest BCUT2D eigenvalue weighted by molar-refractivity contribution is 0.00685. The summed E-state index contributed by atoms with van der Waals surface area (Å²) >= 11 is 0. The van der Waals surface area contributed by atoms with Crippen LogP contribution in [-0.2, 0) is 11.3 Å². The quantitative estimate of drug-likeness (QED) is 0.840. The van der Waals surface area contributed by atoms with Gasteiger partial charge in [-0.2, -0.15) is 0 Å². The van der Waals surface area contributed by atoms with E-state index >= 15 is 0 Å². The topological polar surface area (TPSA) is 57.4 Å². The molecule has 88 valence electrons. The Labute approximate surface area is 95.8 Å². The van der Waals surface area contributed by atoms with Crippen molar-refractivity contribution in [3.05, 3.63) is 23.5 Å². The standard InChI is InChI=1S/C12H18N2O2/c1-9-4-5-12(11(7-13)14-9)16-10-3-2-6-15-8-10/h4-5,10H,2-3,6-8,13H2,1H3. The number of ether oxygens (including phenoxy) is 2. The van der Waals surface area contributed by atoms with Crippen molar-refractivity contribution in [2.24, 2.45) is 5.73 Å². The van der Waals surface area contributed by atoms with Gasteiger partial charge < -0.3 is 15.2 Å². The number of nitrogens with two attached hydrogens (primary N) is 1. The molecule has 2 rings (SSSR count). The normalized spacial score (nSPS) is 20.8. The van der Waals surface area contributed by atoms with Gasteiger partial charge in [0, 0.05) is 18.8 Å². The van der Waals surface area contributed by atoms with Crippen molar-refractivity contribution < 1.29 is 9.47 Å². The van der Waals surface area contributed by atoms with Crippen LogP contribution in [0.5, 0.6) is 5.75 Å². The van der Waals surface area contributed by atoms with E-state index in [1.807, 2.05) is 19.1 Å². The molecule has 0 aliphatic carbocycles. The first-order valence-electron chi connectivity index (χ1n) is 5.70. The van der Waals surface area contributed by atoms with E-state index in [0.29, 0.717) is 13.2 Å².